The van der Waals surface area contributed by atoms with Crippen LogP contribution in [0.4, 0.5) is 5.69 Å². The van der Waals surface area contributed by atoms with E-state index in [1.54, 1.807) is 0 Å². The standard InChI is InChI=1S/C16H22INO4Si/c1-9-14(23(2,3)21)13(6-7-19)22-16(9)11-8-10(17)4-5-12(11)18-15(16)20/h4-5,8-9,13-14,19,21H,6-7H2,1-3H3,(H,18,20)/t9-,13+,14-,16+/m1/s1. The predicted octanol–water partition coefficient (Wildman–Crippen LogP) is 2.42. The van der Waals surface area contributed by atoms with Crippen molar-refractivity contribution in [3.05, 3.63) is 27.3 Å². The summed E-state index contributed by atoms with van der Waals surface area (Å²) in [5.41, 5.74) is 0.464. The first-order valence-corrected chi connectivity index (χ1v) is 11.9. The number of amides is 1. The second-order valence-electron chi connectivity index (χ2n) is 7.02. The van der Waals surface area contributed by atoms with Gasteiger partial charge in [-0.25, -0.2) is 0 Å². The topological polar surface area (TPSA) is 78.8 Å². The van der Waals surface area contributed by atoms with Crippen molar-refractivity contribution in [1.29, 1.82) is 0 Å². The Morgan fingerprint density at radius 1 is 1.43 bits per heavy atom. The highest BCUT2D eigenvalue weighted by Crippen LogP contribution is 2.58. The van der Waals surface area contributed by atoms with E-state index in [2.05, 4.69) is 27.9 Å². The minimum absolute atomic E-state index is 0.0186. The molecule has 2 aliphatic rings. The summed E-state index contributed by atoms with van der Waals surface area (Å²) in [6.45, 7) is 5.73. The third-order valence-corrected chi connectivity index (χ3v) is 8.29. The van der Waals surface area contributed by atoms with Crippen LogP contribution in [0.2, 0.25) is 18.6 Å². The number of aliphatic hydroxyl groups is 1. The highest BCUT2D eigenvalue weighted by Gasteiger charge is 2.64. The fraction of sp³-hybridized carbons (Fsp3) is 0.562. The summed E-state index contributed by atoms with van der Waals surface area (Å²) >= 11 is 2.23. The highest BCUT2D eigenvalue weighted by atomic mass is 127. The van der Waals surface area contributed by atoms with Gasteiger partial charge in [0.2, 0.25) is 0 Å². The molecule has 1 aromatic carbocycles. The molecular weight excluding hydrogens is 425 g/mol. The number of rotatable bonds is 3. The van der Waals surface area contributed by atoms with Gasteiger partial charge >= 0.3 is 0 Å². The average Bonchev–Trinajstić information content (AvgIpc) is 2.88. The van der Waals surface area contributed by atoms with Crippen LogP contribution in [0.1, 0.15) is 18.9 Å². The van der Waals surface area contributed by atoms with Crippen molar-refractivity contribution < 1.29 is 19.4 Å². The molecule has 7 heteroatoms. The number of ether oxygens (including phenoxy) is 1. The van der Waals surface area contributed by atoms with E-state index in [4.69, 9.17) is 4.74 Å². The maximum atomic E-state index is 12.8. The highest BCUT2D eigenvalue weighted by molar-refractivity contribution is 14.1. The van der Waals surface area contributed by atoms with Crippen molar-refractivity contribution in [1.82, 2.24) is 0 Å². The second-order valence-corrected chi connectivity index (χ2v) is 12.2. The quantitative estimate of drug-likeness (QED) is 0.492. The molecule has 1 fully saturated rings. The van der Waals surface area contributed by atoms with Gasteiger partial charge in [-0.3, -0.25) is 4.79 Å². The summed E-state index contributed by atoms with van der Waals surface area (Å²) in [7, 11) is -2.56. The molecule has 3 N–H and O–H groups in total. The van der Waals surface area contributed by atoms with E-state index in [0.717, 1.165) is 14.8 Å². The maximum Gasteiger partial charge on any atom is 0.261 e. The molecule has 1 saturated heterocycles. The van der Waals surface area contributed by atoms with Crippen LogP contribution in [0.5, 0.6) is 0 Å². The van der Waals surface area contributed by atoms with Crippen molar-refractivity contribution in [2.45, 2.75) is 43.7 Å². The Kier molecular flexibility index (Phi) is 4.37. The molecule has 5 nitrogen and oxygen atoms in total. The van der Waals surface area contributed by atoms with Crippen LogP contribution < -0.4 is 5.32 Å². The van der Waals surface area contributed by atoms with Gasteiger partial charge in [-0.1, -0.05) is 6.92 Å². The zero-order chi connectivity index (χ0) is 17.0. The van der Waals surface area contributed by atoms with E-state index in [0.29, 0.717) is 6.42 Å². The number of hydrogen-bond donors (Lipinski definition) is 3. The first-order chi connectivity index (χ1) is 10.7. The third-order valence-electron chi connectivity index (χ3n) is 5.11. The van der Waals surface area contributed by atoms with Gasteiger partial charge in [0, 0.05) is 32.9 Å². The number of hydrogen-bond acceptors (Lipinski definition) is 4. The second kappa shape index (κ2) is 5.80. The molecule has 1 aromatic rings. The lowest BCUT2D eigenvalue weighted by Crippen LogP contribution is -2.43. The Hall–Kier alpha value is -0.483. The zero-order valence-electron chi connectivity index (χ0n) is 13.5. The normalized spacial score (nSPS) is 33.1. The SMILES string of the molecule is C[C@@H]1[C@@H]([Si](C)(C)O)[C@H](CCO)O[C@@]12C(=O)Nc1ccc(I)cc12. The fourth-order valence-electron chi connectivity index (χ4n) is 4.27. The van der Waals surface area contributed by atoms with Crippen molar-refractivity contribution in [2.24, 2.45) is 5.92 Å². The van der Waals surface area contributed by atoms with E-state index in [-0.39, 0.29) is 30.1 Å². The number of carbonyl (C=O) groups excluding carboxylic acids is 1. The number of anilines is 1. The van der Waals surface area contributed by atoms with Crippen LogP contribution in [0.15, 0.2) is 18.2 Å². The Morgan fingerprint density at radius 2 is 2.13 bits per heavy atom. The third kappa shape index (κ3) is 2.57. The Labute approximate surface area is 150 Å². The van der Waals surface area contributed by atoms with E-state index in [1.807, 2.05) is 38.2 Å². The number of carbonyl (C=O) groups is 1. The van der Waals surface area contributed by atoms with E-state index < -0.39 is 13.9 Å². The van der Waals surface area contributed by atoms with Gasteiger partial charge in [-0.2, -0.15) is 0 Å². The molecule has 1 amide bonds. The van der Waals surface area contributed by atoms with Crippen LogP contribution in [0, 0.1) is 9.49 Å². The van der Waals surface area contributed by atoms with E-state index >= 15 is 0 Å². The number of nitrogens with one attached hydrogen (secondary N) is 1. The van der Waals surface area contributed by atoms with Gasteiger partial charge in [0.05, 0.1) is 6.10 Å². The van der Waals surface area contributed by atoms with Crippen LogP contribution in [0.3, 0.4) is 0 Å². The first-order valence-electron chi connectivity index (χ1n) is 7.84. The van der Waals surface area contributed by atoms with Gasteiger partial charge in [-0.15, -0.1) is 0 Å². The lowest BCUT2D eigenvalue weighted by molar-refractivity contribution is -0.143. The Balaban J connectivity index is 2.13. The molecule has 0 radical (unpaired) electrons. The van der Waals surface area contributed by atoms with Gasteiger partial charge < -0.3 is 20.0 Å². The number of fused-ring (bicyclic) bond motifs is 2. The van der Waals surface area contributed by atoms with Crippen molar-refractivity contribution in [3.8, 4) is 0 Å². The molecule has 0 aromatic heterocycles. The molecule has 0 unspecified atom stereocenters. The van der Waals surface area contributed by atoms with Crippen LogP contribution in [-0.2, 0) is 15.1 Å². The minimum Gasteiger partial charge on any atom is -0.432 e. The van der Waals surface area contributed by atoms with Crippen molar-refractivity contribution in [2.75, 3.05) is 11.9 Å². The molecule has 3 rings (SSSR count). The fourth-order valence-corrected chi connectivity index (χ4v) is 7.36. The summed E-state index contributed by atoms with van der Waals surface area (Å²) in [6, 6.07) is 5.83. The smallest absolute Gasteiger partial charge is 0.261 e. The molecule has 1 spiro atoms. The molecule has 0 bridgehead atoms. The molecule has 126 valence electrons. The molecule has 23 heavy (non-hydrogen) atoms. The Bertz CT molecular complexity index is 647. The van der Waals surface area contributed by atoms with E-state index in [9.17, 15) is 14.7 Å². The summed E-state index contributed by atoms with van der Waals surface area (Å²) < 4.78 is 7.33. The summed E-state index contributed by atoms with van der Waals surface area (Å²) in [5.74, 6) is -0.309. The summed E-state index contributed by atoms with van der Waals surface area (Å²) in [5, 5.41) is 12.3. The van der Waals surface area contributed by atoms with Crippen LogP contribution >= 0.6 is 22.6 Å². The molecule has 0 aliphatic carbocycles. The Morgan fingerprint density at radius 3 is 2.74 bits per heavy atom. The first kappa shape index (κ1) is 17.3. The van der Waals surface area contributed by atoms with Gasteiger partial charge in [0.15, 0.2) is 13.9 Å². The van der Waals surface area contributed by atoms with Gasteiger partial charge in [0.25, 0.3) is 5.91 Å². The van der Waals surface area contributed by atoms with Gasteiger partial charge in [-0.05, 0) is 60.3 Å². The summed E-state index contributed by atoms with van der Waals surface area (Å²) in [6.07, 6.45) is 0.122. The number of aliphatic hydroxyl groups excluding tert-OH is 1. The van der Waals surface area contributed by atoms with Crippen molar-refractivity contribution >= 4 is 42.5 Å². The van der Waals surface area contributed by atoms with Crippen LogP contribution in [-0.4, -0.2) is 36.8 Å². The predicted molar refractivity (Wildman–Crippen MR) is 98.7 cm³/mol. The monoisotopic (exact) mass is 447 g/mol. The zero-order valence-corrected chi connectivity index (χ0v) is 16.6. The molecule has 4 atom stereocenters. The molecule has 2 heterocycles. The van der Waals surface area contributed by atoms with Crippen molar-refractivity contribution in [3.63, 3.8) is 0 Å². The maximum absolute atomic E-state index is 12.8. The summed E-state index contributed by atoms with van der Waals surface area (Å²) in [4.78, 5) is 23.6. The van der Waals surface area contributed by atoms with Crippen LogP contribution in [0.25, 0.3) is 0 Å². The molecular formula is C16H22INO4Si. The largest absolute Gasteiger partial charge is 0.432 e. The average molecular weight is 447 g/mol. The number of benzene rings is 1. The molecule has 2 aliphatic heterocycles. The lowest BCUT2D eigenvalue weighted by Gasteiger charge is -2.32. The number of halogens is 1. The molecule has 0 saturated carbocycles. The lowest BCUT2D eigenvalue weighted by atomic mass is 9.82. The van der Waals surface area contributed by atoms with Gasteiger partial charge in [0.1, 0.15) is 0 Å². The minimum atomic E-state index is -2.56. The van der Waals surface area contributed by atoms with E-state index in [1.165, 1.54) is 0 Å².